The van der Waals surface area contributed by atoms with Crippen molar-refractivity contribution in [1.29, 1.82) is 0 Å². The Morgan fingerprint density at radius 3 is 2.81 bits per heavy atom. The first-order chi connectivity index (χ1) is 15.1. The molecule has 0 bridgehead atoms. The maximum atomic E-state index is 13.1. The number of hydrogen-bond donors (Lipinski definition) is 0. The summed E-state index contributed by atoms with van der Waals surface area (Å²) in [6.07, 6.45) is 2.90. The SMILES string of the molecule is O=C(COc1ccc(Cl)cc1-c1ccno1)N1CCOC(Cc2ccc(F)cc2)CC1. The molecule has 1 unspecified atom stereocenters. The third-order valence-corrected chi connectivity index (χ3v) is 5.40. The van der Waals surface area contributed by atoms with Crippen molar-refractivity contribution in [2.45, 2.75) is 18.9 Å². The van der Waals surface area contributed by atoms with Gasteiger partial charge in [0.2, 0.25) is 0 Å². The number of benzene rings is 2. The van der Waals surface area contributed by atoms with E-state index >= 15 is 0 Å². The van der Waals surface area contributed by atoms with Crippen LogP contribution in [0.2, 0.25) is 5.02 Å². The van der Waals surface area contributed by atoms with E-state index in [0.29, 0.717) is 54.6 Å². The second kappa shape index (κ2) is 9.94. The van der Waals surface area contributed by atoms with Crippen LogP contribution in [0.1, 0.15) is 12.0 Å². The van der Waals surface area contributed by atoms with Crippen molar-refractivity contribution in [3.63, 3.8) is 0 Å². The van der Waals surface area contributed by atoms with E-state index in [0.717, 1.165) is 5.56 Å². The number of carbonyl (C=O) groups excluding carboxylic acids is 1. The topological polar surface area (TPSA) is 64.8 Å². The number of ether oxygens (including phenoxy) is 2. The lowest BCUT2D eigenvalue weighted by Crippen LogP contribution is -2.36. The number of aromatic nitrogens is 1. The number of hydrogen-bond acceptors (Lipinski definition) is 5. The molecule has 1 aliphatic rings. The molecular weight excluding hydrogens is 423 g/mol. The van der Waals surface area contributed by atoms with Crippen LogP contribution in [0.5, 0.6) is 5.75 Å². The molecule has 2 aromatic carbocycles. The Balaban J connectivity index is 1.33. The van der Waals surface area contributed by atoms with Crippen molar-refractivity contribution in [2.24, 2.45) is 0 Å². The van der Waals surface area contributed by atoms with E-state index in [1.807, 2.05) is 0 Å². The van der Waals surface area contributed by atoms with Crippen molar-refractivity contribution in [3.05, 3.63) is 71.1 Å². The smallest absolute Gasteiger partial charge is 0.260 e. The minimum Gasteiger partial charge on any atom is -0.483 e. The van der Waals surface area contributed by atoms with Gasteiger partial charge < -0.3 is 18.9 Å². The average molecular weight is 445 g/mol. The van der Waals surface area contributed by atoms with Gasteiger partial charge in [-0.15, -0.1) is 0 Å². The van der Waals surface area contributed by atoms with E-state index in [9.17, 15) is 9.18 Å². The molecule has 1 atom stereocenters. The zero-order chi connectivity index (χ0) is 21.6. The second-order valence-corrected chi connectivity index (χ2v) is 7.74. The van der Waals surface area contributed by atoms with E-state index in [-0.39, 0.29) is 24.4 Å². The van der Waals surface area contributed by atoms with Crippen molar-refractivity contribution in [1.82, 2.24) is 10.1 Å². The molecule has 31 heavy (non-hydrogen) atoms. The van der Waals surface area contributed by atoms with Crippen LogP contribution < -0.4 is 4.74 Å². The molecular formula is C23H22ClFN2O4. The number of nitrogens with zero attached hydrogens (tertiary/aromatic N) is 2. The van der Waals surface area contributed by atoms with Crippen LogP contribution in [0.15, 0.2) is 59.3 Å². The number of rotatable bonds is 6. The molecule has 0 radical (unpaired) electrons. The molecule has 1 saturated heterocycles. The molecule has 162 valence electrons. The third kappa shape index (κ3) is 5.62. The summed E-state index contributed by atoms with van der Waals surface area (Å²) in [6.45, 7) is 1.41. The van der Waals surface area contributed by atoms with Gasteiger partial charge in [-0.3, -0.25) is 4.79 Å². The predicted octanol–water partition coefficient (Wildman–Crippen LogP) is 4.37. The van der Waals surface area contributed by atoms with Crippen LogP contribution in [-0.4, -0.2) is 48.4 Å². The lowest BCUT2D eigenvalue weighted by atomic mass is 10.1. The van der Waals surface area contributed by atoms with Crippen LogP contribution in [0, 0.1) is 5.82 Å². The van der Waals surface area contributed by atoms with Gasteiger partial charge in [0, 0.05) is 24.2 Å². The monoisotopic (exact) mass is 444 g/mol. The summed E-state index contributed by atoms with van der Waals surface area (Å²) in [5.74, 6) is 0.630. The molecule has 1 amide bonds. The Kier molecular flexibility index (Phi) is 6.84. The molecule has 8 heteroatoms. The Bertz CT molecular complexity index is 1010. The Hall–Kier alpha value is -2.90. The van der Waals surface area contributed by atoms with Crippen molar-refractivity contribution in [2.75, 3.05) is 26.3 Å². The maximum absolute atomic E-state index is 13.1. The summed E-state index contributed by atoms with van der Waals surface area (Å²) < 4.78 is 30.0. The second-order valence-electron chi connectivity index (χ2n) is 7.30. The third-order valence-electron chi connectivity index (χ3n) is 5.16. The molecule has 0 N–H and O–H groups in total. The van der Waals surface area contributed by atoms with Crippen molar-refractivity contribution >= 4 is 17.5 Å². The van der Waals surface area contributed by atoms with Gasteiger partial charge in [0.25, 0.3) is 5.91 Å². The Morgan fingerprint density at radius 1 is 1.19 bits per heavy atom. The predicted molar refractivity (Wildman–Crippen MR) is 113 cm³/mol. The first kappa shape index (κ1) is 21.3. The molecule has 6 nitrogen and oxygen atoms in total. The van der Waals surface area contributed by atoms with Gasteiger partial charge in [-0.05, 0) is 48.7 Å². The fraction of sp³-hybridized carbons (Fsp3) is 0.304. The van der Waals surface area contributed by atoms with Crippen LogP contribution in [0.25, 0.3) is 11.3 Å². The normalized spacial score (nSPS) is 16.7. The van der Waals surface area contributed by atoms with Gasteiger partial charge >= 0.3 is 0 Å². The lowest BCUT2D eigenvalue weighted by Gasteiger charge is -2.20. The van der Waals surface area contributed by atoms with Gasteiger partial charge in [-0.1, -0.05) is 28.9 Å². The molecule has 0 aliphatic carbocycles. The Morgan fingerprint density at radius 2 is 2.03 bits per heavy atom. The summed E-state index contributed by atoms with van der Waals surface area (Å²) in [4.78, 5) is 14.5. The molecule has 4 rings (SSSR count). The van der Waals surface area contributed by atoms with Gasteiger partial charge in [-0.2, -0.15) is 0 Å². The average Bonchev–Trinajstić information content (AvgIpc) is 3.21. The number of halogens is 2. The fourth-order valence-corrected chi connectivity index (χ4v) is 3.70. The fourth-order valence-electron chi connectivity index (χ4n) is 3.52. The van der Waals surface area contributed by atoms with Crippen LogP contribution in [0.3, 0.4) is 0 Å². The van der Waals surface area contributed by atoms with Crippen molar-refractivity contribution in [3.8, 4) is 17.1 Å². The minimum atomic E-state index is -0.255. The quantitative estimate of drug-likeness (QED) is 0.564. The highest BCUT2D eigenvalue weighted by Crippen LogP contribution is 2.32. The first-order valence-corrected chi connectivity index (χ1v) is 10.4. The summed E-state index contributed by atoms with van der Waals surface area (Å²) in [6, 6.07) is 13.2. The van der Waals surface area contributed by atoms with Gasteiger partial charge in [-0.25, -0.2) is 4.39 Å². The molecule has 0 spiro atoms. The maximum Gasteiger partial charge on any atom is 0.260 e. The van der Waals surface area contributed by atoms with Crippen molar-refractivity contribution < 1.29 is 23.2 Å². The minimum absolute atomic E-state index is 0.0153. The molecule has 3 aromatic rings. The highest BCUT2D eigenvalue weighted by Gasteiger charge is 2.22. The Labute approximate surface area is 184 Å². The number of amides is 1. The molecule has 1 aliphatic heterocycles. The highest BCUT2D eigenvalue weighted by atomic mass is 35.5. The zero-order valence-corrected chi connectivity index (χ0v) is 17.6. The molecule has 2 heterocycles. The summed E-state index contributed by atoms with van der Waals surface area (Å²) in [7, 11) is 0. The molecule has 0 saturated carbocycles. The van der Waals surface area contributed by atoms with Gasteiger partial charge in [0.1, 0.15) is 11.6 Å². The van der Waals surface area contributed by atoms with Gasteiger partial charge in [0.05, 0.1) is 24.5 Å². The van der Waals surface area contributed by atoms with E-state index in [1.54, 1.807) is 41.3 Å². The van der Waals surface area contributed by atoms with E-state index in [2.05, 4.69) is 5.16 Å². The number of carbonyl (C=O) groups is 1. The zero-order valence-electron chi connectivity index (χ0n) is 16.8. The highest BCUT2D eigenvalue weighted by molar-refractivity contribution is 6.30. The van der Waals surface area contributed by atoms with E-state index < -0.39 is 0 Å². The van der Waals surface area contributed by atoms with E-state index in [1.165, 1.54) is 18.3 Å². The van der Waals surface area contributed by atoms with Gasteiger partial charge in [0.15, 0.2) is 12.4 Å². The standard InChI is InChI=1S/C23H22ClFN2O4/c24-17-3-6-21(20(14-17)22-7-9-26-31-22)30-15-23(28)27-10-8-19(29-12-11-27)13-16-1-4-18(25)5-2-16/h1-7,9,14,19H,8,10-13,15H2. The van der Waals surface area contributed by atoms with E-state index in [4.69, 9.17) is 25.6 Å². The van der Waals surface area contributed by atoms with Crippen LogP contribution >= 0.6 is 11.6 Å². The summed E-state index contributed by atoms with van der Waals surface area (Å²) in [5.41, 5.74) is 1.65. The molecule has 1 aromatic heterocycles. The molecule has 1 fully saturated rings. The summed E-state index contributed by atoms with van der Waals surface area (Å²) >= 11 is 6.09. The largest absolute Gasteiger partial charge is 0.483 e. The summed E-state index contributed by atoms with van der Waals surface area (Å²) in [5, 5.41) is 4.24. The lowest BCUT2D eigenvalue weighted by molar-refractivity contribution is -0.133. The first-order valence-electron chi connectivity index (χ1n) is 10.1. The van der Waals surface area contributed by atoms with Crippen LogP contribution in [-0.2, 0) is 16.0 Å². The van der Waals surface area contributed by atoms with Crippen LogP contribution in [0.4, 0.5) is 4.39 Å².